The quantitative estimate of drug-likeness (QED) is 0.881. The van der Waals surface area contributed by atoms with E-state index in [1.54, 1.807) is 0 Å². The zero-order valence-electron chi connectivity index (χ0n) is 15.6. The molecule has 2 aliphatic rings. The van der Waals surface area contributed by atoms with E-state index in [2.05, 4.69) is 20.5 Å². The molecule has 0 spiro atoms. The Kier molecular flexibility index (Phi) is 4.92. The van der Waals surface area contributed by atoms with Crippen molar-refractivity contribution >= 4 is 17.5 Å². The van der Waals surface area contributed by atoms with Crippen LogP contribution in [0.25, 0.3) is 11.3 Å². The number of likely N-dealkylation sites (tertiary alicyclic amines) is 1. The van der Waals surface area contributed by atoms with Gasteiger partial charge in [-0.2, -0.15) is 0 Å². The number of nitrogens with zero attached hydrogens (tertiary/aromatic N) is 4. The lowest BCUT2D eigenvalue weighted by Gasteiger charge is -2.24. The minimum atomic E-state index is -0.0912. The van der Waals surface area contributed by atoms with Crippen LogP contribution in [0.3, 0.4) is 0 Å². The van der Waals surface area contributed by atoms with E-state index in [9.17, 15) is 9.59 Å². The Morgan fingerprint density at radius 3 is 2.67 bits per heavy atom. The molecular formula is C20H25N5O2. The number of carbonyl (C=O) groups excluding carboxylic acids is 2. The first kappa shape index (κ1) is 17.7. The van der Waals surface area contributed by atoms with Gasteiger partial charge in [-0.1, -0.05) is 30.2 Å². The summed E-state index contributed by atoms with van der Waals surface area (Å²) >= 11 is 0. The molecule has 1 aliphatic carbocycles. The third kappa shape index (κ3) is 4.02. The van der Waals surface area contributed by atoms with Gasteiger partial charge in [-0.15, -0.1) is 5.10 Å². The topological polar surface area (TPSA) is 80.1 Å². The molecule has 2 amide bonds. The summed E-state index contributed by atoms with van der Waals surface area (Å²) in [5.41, 5.74) is 2.50. The van der Waals surface area contributed by atoms with E-state index in [1.807, 2.05) is 35.1 Å². The minimum absolute atomic E-state index is 0.0912. The second kappa shape index (κ2) is 7.50. The van der Waals surface area contributed by atoms with E-state index in [4.69, 9.17) is 0 Å². The summed E-state index contributed by atoms with van der Waals surface area (Å²) in [6.45, 7) is 3.04. The van der Waals surface area contributed by atoms with Crippen LogP contribution in [0.5, 0.6) is 0 Å². The molecule has 0 radical (unpaired) electrons. The van der Waals surface area contributed by atoms with Crippen molar-refractivity contribution in [2.75, 3.05) is 11.9 Å². The summed E-state index contributed by atoms with van der Waals surface area (Å²) in [7, 11) is 0. The lowest BCUT2D eigenvalue weighted by atomic mass is 10.1. The summed E-state index contributed by atoms with van der Waals surface area (Å²) < 4.78 is 1.84. The minimum Gasteiger partial charge on any atom is -0.339 e. The van der Waals surface area contributed by atoms with Gasteiger partial charge in [0.05, 0.1) is 6.20 Å². The maximum atomic E-state index is 12.3. The molecule has 1 atom stereocenters. The predicted molar refractivity (Wildman–Crippen MR) is 102 cm³/mol. The summed E-state index contributed by atoms with van der Waals surface area (Å²) in [6, 6.07) is 7.99. The van der Waals surface area contributed by atoms with Gasteiger partial charge in [-0.25, -0.2) is 0 Å². The Labute approximate surface area is 158 Å². The molecule has 1 saturated heterocycles. The second-order valence-electron chi connectivity index (χ2n) is 7.64. The molecule has 1 aromatic heterocycles. The van der Waals surface area contributed by atoms with Crippen molar-refractivity contribution in [3.05, 3.63) is 30.5 Å². The molecule has 2 aromatic rings. The fraction of sp³-hybridized carbons (Fsp3) is 0.500. The first-order valence-corrected chi connectivity index (χ1v) is 9.66. The molecule has 0 bridgehead atoms. The van der Waals surface area contributed by atoms with Crippen LogP contribution >= 0.6 is 0 Å². The highest BCUT2D eigenvalue weighted by molar-refractivity contribution is 5.88. The smallest absolute Gasteiger partial charge is 0.223 e. The van der Waals surface area contributed by atoms with Crippen LogP contribution < -0.4 is 5.32 Å². The molecule has 1 N–H and O–H groups in total. The van der Waals surface area contributed by atoms with Gasteiger partial charge in [0.1, 0.15) is 5.69 Å². The van der Waals surface area contributed by atoms with Gasteiger partial charge in [0.25, 0.3) is 0 Å². The molecule has 2 fully saturated rings. The Morgan fingerprint density at radius 1 is 1.22 bits per heavy atom. The Bertz CT molecular complexity index is 823. The largest absolute Gasteiger partial charge is 0.339 e. The van der Waals surface area contributed by atoms with E-state index < -0.39 is 0 Å². The van der Waals surface area contributed by atoms with Gasteiger partial charge < -0.3 is 10.2 Å². The monoisotopic (exact) mass is 367 g/mol. The van der Waals surface area contributed by atoms with Crippen LogP contribution in [-0.4, -0.2) is 44.3 Å². The predicted octanol–water partition coefficient (Wildman–Crippen LogP) is 2.69. The number of aromatic nitrogens is 3. The maximum Gasteiger partial charge on any atom is 0.223 e. The fourth-order valence-corrected chi connectivity index (χ4v) is 4.21. The summed E-state index contributed by atoms with van der Waals surface area (Å²) in [5.74, 6) is 0.502. The summed E-state index contributed by atoms with van der Waals surface area (Å²) in [6.07, 6.45) is 7.33. The number of hydrogen-bond acceptors (Lipinski definition) is 4. The highest BCUT2D eigenvalue weighted by atomic mass is 16.2. The molecule has 142 valence electrons. The van der Waals surface area contributed by atoms with Crippen molar-refractivity contribution in [1.29, 1.82) is 0 Å². The van der Waals surface area contributed by atoms with Crippen LogP contribution in [0.4, 0.5) is 5.69 Å². The molecule has 1 unspecified atom stereocenters. The normalized spacial score (nSPS) is 20.4. The van der Waals surface area contributed by atoms with Crippen molar-refractivity contribution < 1.29 is 9.59 Å². The number of benzene rings is 1. The molecular weight excluding hydrogens is 342 g/mol. The summed E-state index contributed by atoms with van der Waals surface area (Å²) in [4.78, 5) is 25.5. The summed E-state index contributed by atoms with van der Waals surface area (Å²) in [5, 5.41) is 11.3. The lowest BCUT2D eigenvalue weighted by molar-refractivity contribution is -0.129. The molecule has 1 saturated carbocycles. The molecule has 27 heavy (non-hydrogen) atoms. The number of hydrogen-bond donors (Lipinski definition) is 1. The Balaban J connectivity index is 1.38. The maximum absolute atomic E-state index is 12.3. The van der Waals surface area contributed by atoms with Gasteiger partial charge in [0, 0.05) is 49.6 Å². The lowest BCUT2D eigenvalue weighted by Crippen LogP contribution is -2.34. The number of anilines is 1. The van der Waals surface area contributed by atoms with Gasteiger partial charge in [0.2, 0.25) is 11.8 Å². The average molecular weight is 367 g/mol. The van der Waals surface area contributed by atoms with Crippen LogP contribution in [0.2, 0.25) is 0 Å². The van der Waals surface area contributed by atoms with Crippen LogP contribution in [-0.2, 0) is 16.1 Å². The third-order valence-corrected chi connectivity index (χ3v) is 5.49. The van der Waals surface area contributed by atoms with Gasteiger partial charge in [-0.3, -0.25) is 14.3 Å². The molecule has 1 aromatic carbocycles. The SMILES string of the molecule is CC(=O)Nc1ccc(-c2cn(CC3CC(=O)N(C4CCCC4)C3)nn2)cc1. The molecule has 4 rings (SSSR count). The van der Waals surface area contributed by atoms with E-state index in [0.717, 1.165) is 36.3 Å². The average Bonchev–Trinajstić information content (AvgIpc) is 3.37. The zero-order chi connectivity index (χ0) is 18.8. The number of carbonyl (C=O) groups is 2. The molecule has 7 heteroatoms. The van der Waals surface area contributed by atoms with Crippen molar-refractivity contribution in [2.45, 2.75) is 51.6 Å². The van der Waals surface area contributed by atoms with Crippen molar-refractivity contribution in [1.82, 2.24) is 19.9 Å². The third-order valence-electron chi connectivity index (χ3n) is 5.49. The van der Waals surface area contributed by atoms with E-state index >= 15 is 0 Å². The fourth-order valence-electron chi connectivity index (χ4n) is 4.21. The van der Waals surface area contributed by atoms with E-state index in [0.29, 0.717) is 30.8 Å². The Hall–Kier alpha value is -2.70. The number of nitrogens with one attached hydrogen (secondary N) is 1. The van der Waals surface area contributed by atoms with E-state index in [-0.39, 0.29) is 5.91 Å². The van der Waals surface area contributed by atoms with Crippen molar-refractivity contribution in [3.8, 4) is 11.3 Å². The van der Waals surface area contributed by atoms with Crippen LogP contribution in [0.1, 0.15) is 39.0 Å². The Morgan fingerprint density at radius 2 is 1.96 bits per heavy atom. The first-order valence-electron chi connectivity index (χ1n) is 9.66. The van der Waals surface area contributed by atoms with Gasteiger partial charge in [0.15, 0.2) is 0 Å². The van der Waals surface area contributed by atoms with Gasteiger partial charge >= 0.3 is 0 Å². The number of rotatable bonds is 5. The highest BCUT2D eigenvalue weighted by Crippen LogP contribution is 2.30. The number of amides is 2. The first-order chi connectivity index (χ1) is 13.1. The van der Waals surface area contributed by atoms with Crippen molar-refractivity contribution in [2.24, 2.45) is 5.92 Å². The highest BCUT2D eigenvalue weighted by Gasteiger charge is 2.35. The molecule has 7 nitrogen and oxygen atoms in total. The zero-order valence-corrected chi connectivity index (χ0v) is 15.6. The van der Waals surface area contributed by atoms with E-state index in [1.165, 1.54) is 19.8 Å². The van der Waals surface area contributed by atoms with Crippen molar-refractivity contribution in [3.63, 3.8) is 0 Å². The molecule has 1 aliphatic heterocycles. The van der Waals surface area contributed by atoms with Crippen LogP contribution in [0.15, 0.2) is 30.5 Å². The molecule has 2 heterocycles. The standard InChI is InChI=1S/C20H25N5O2/c1-14(26)21-17-8-6-16(7-9-17)19-13-24(23-22-19)11-15-10-20(27)25(12-15)18-4-2-3-5-18/h6-9,13,15,18H,2-5,10-12H2,1H3,(H,21,26). The van der Waals surface area contributed by atoms with Gasteiger partial charge in [-0.05, 0) is 25.0 Å². The van der Waals surface area contributed by atoms with Crippen LogP contribution in [0, 0.1) is 5.92 Å². The second-order valence-corrected chi connectivity index (χ2v) is 7.64.